The Balaban J connectivity index is 1.48. The number of carbonyl (C=O) groups excluding carboxylic acids is 3. The molecule has 2 aromatic carbocycles. The van der Waals surface area contributed by atoms with Gasteiger partial charge in [-0.05, 0) is 55.8 Å². The largest absolute Gasteiger partial charge is 0.384 e. The number of hydrogen-bond donors (Lipinski definition) is 5. The molecule has 1 saturated heterocycles. The highest BCUT2D eigenvalue weighted by Gasteiger charge is 2.41. The topological polar surface area (TPSA) is 158 Å². The summed E-state index contributed by atoms with van der Waals surface area (Å²) in [4.78, 5) is 39.3. The third-order valence-electron chi connectivity index (χ3n) is 5.94. The number of ether oxygens (including phenoxy) is 1. The van der Waals surface area contributed by atoms with E-state index in [9.17, 15) is 19.5 Å². The van der Waals surface area contributed by atoms with Crippen molar-refractivity contribution >= 4 is 40.6 Å². The fourth-order valence-electron chi connectivity index (χ4n) is 3.92. The predicted molar refractivity (Wildman–Crippen MR) is 122 cm³/mol. The molecule has 4 rings (SSSR count). The number of fused-ring (bicyclic) bond motifs is 1. The lowest BCUT2D eigenvalue weighted by molar-refractivity contribution is -0.150. The third-order valence-corrected chi connectivity index (χ3v) is 5.94. The van der Waals surface area contributed by atoms with Gasteiger partial charge in [-0.15, -0.1) is 0 Å². The van der Waals surface area contributed by atoms with E-state index in [4.69, 9.17) is 15.9 Å². The van der Waals surface area contributed by atoms with Gasteiger partial charge in [0.15, 0.2) is 12.2 Å². The minimum absolute atomic E-state index is 0.108. The van der Waals surface area contributed by atoms with Gasteiger partial charge in [0.25, 0.3) is 11.8 Å². The second kappa shape index (κ2) is 8.30. The van der Waals surface area contributed by atoms with Gasteiger partial charge in [0.1, 0.15) is 5.84 Å². The van der Waals surface area contributed by atoms with Gasteiger partial charge in [0, 0.05) is 29.2 Å². The normalized spacial score (nSPS) is 20.1. The number of nitrogen functional groups attached to an aromatic ring is 1. The molecule has 0 radical (unpaired) electrons. The first kappa shape index (κ1) is 22.4. The van der Waals surface area contributed by atoms with Crippen molar-refractivity contribution in [2.75, 3.05) is 28.7 Å². The molecule has 6 N–H and O–H groups in total. The van der Waals surface area contributed by atoms with Gasteiger partial charge in [-0.25, -0.2) is 0 Å². The smallest absolute Gasteiger partial charge is 0.259 e. The molecule has 2 aromatic rings. The van der Waals surface area contributed by atoms with Crippen molar-refractivity contribution in [2.45, 2.75) is 31.5 Å². The van der Waals surface area contributed by atoms with Crippen LogP contribution in [0.2, 0.25) is 0 Å². The number of nitrogens with zero attached hydrogens (tertiary/aromatic N) is 1. The molecule has 3 amide bonds. The average molecular weight is 451 g/mol. The number of aliphatic hydroxyl groups is 1. The van der Waals surface area contributed by atoms with Crippen LogP contribution in [0.4, 0.5) is 17.1 Å². The quantitative estimate of drug-likeness (QED) is 0.336. The second-order valence-electron chi connectivity index (χ2n) is 8.52. The Hall–Kier alpha value is -3.76. The first-order valence-electron chi connectivity index (χ1n) is 10.4. The predicted octanol–water partition coefficient (Wildman–Crippen LogP) is 0.932. The van der Waals surface area contributed by atoms with E-state index >= 15 is 0 Å². The van der Waals surface area contributed by atoms with E-state index in [1.807, 2.05) is 13.8 Å². The molecule has 0 saturated carbocycles. The summed E-state index contributed by atoms with van der Waals surface area (Å²) in [5, 5.41) is 23.3. The first-order valence-corrected chi connectivity index (χ1v) is 10.4. The number of benzene rings is 2. The maximum absolute atomic E-state index is 13.1. The molecule has 2 heterocycles. The number of amides is 3. The summed E-state index contributed by atoms with van der Waals surface area (Å²) in [7, 11) is 0. The van der Waals surface area contributed by atoms with Crippen molar-refractivity contribution in [3.63, 3.8) is 0 Å². The highest BCUT2D eigenvalue weighted by molar-refractivity contribution is 6.08. The fourth-order valence-corrected chi connectivity index (χ4v) is 3.92. The molecule has 2 aliphatic rings. The van der Waals surface area contributed by atoms with Crippen LogP contribution >= 0.6 is 0 Å². The fraction of sp³-hybridized carbons (Fsp3) is 0.304. The summed E-state index contributed by atoms with van der Waals surface area (Å²) in [6.45, 7) is 4.02. The molecule has 172 valence electrons. The monoisotopic (exact) mass is 451 g/mol. The average Bonchev–Trinajstić information content (AvgIpc) is 3.01. The Kier molecular flexibility index (Phi) is 5.64. The lowest BCUT2D eigenvalue weighted by Crippen LogP contribution is -2.55. The number of anilines is 3. The van der Waals surface area contributed by atoms with E-state index in [2.05, 4.69) is 10.6 Å². The number of nitrogens with one attached hydrogen (secondary N) is 3. The van der Waals surface area contributed by atoms with Crippen LogP contribution in [-0.4, -0.2) is 54.0 Å². The van der Waals surface area contributed by atoms with E-state index < -0.39 is 29.4 Å². The zero-order chi connectivity index (χ0) is 23.9. The Morgan fingerprint density at radius 2 is 1.97 bits per heavy atom. The van der Waals surface area contributed by atoms with Crippen molar-refractivity contribution < 1.29 is 24.2 Å². The van der Waals surface area contributed by atoms with Crippen LogP contribution in [0.3, 0.4) is 0 Å². The van der Waals surface area contributed by atoms with Crippen molar-refractivity contribution in [3.8, 4) is 0 Å². The molecule has 10 nitrogen and oxygen atoms in total. The van der Waals surface area contributed by atoms with E-state index in [0.717, 1.165) is 5.56 Å². The molecule has 2 atom stereocenters. The maximum Gasteiger partial charge on any atom is 0.259 e. The molecule has 0 aliphatic carbocycles. The van der Waals surface area contributed by atoms with E-state index in [1.165, 1.54) is 17.0 Å². The summed E-state index contributed by atoms with van der Waals surface area (Å²) >= 11 is 0. The minimum atomic E-state index is -1.74. The zero-order valence-corrected chi connectivity index (χ0v) is 18.2. The molecule has 33 heavy (non-hydrogen) atoms. The van der Waals surface area contributed by atoms with E-state index in [0.29, 0.717) is 22.6 Å². The number of amidine groups is 1. The first-order chi connectivity index (χ1) is 15.6. The van der Waals surface area contributed by atoms with Gasteiger partial charge in [-0.1, -0.05) is 6.07 Å². The number of aliphatic hydroxyl groups excluding tert-OH is 1. The molecule has 1 unspecified atom stereocenters. The number of hydrogen-bond acceptors (Lipinski definition) is 6. The van der Waals surface area contributed by atoms with Crippen molar-refractivity contribution in [2.24, 2.45) is 5.73 Å². The maximum atomic E-state index is 13.1. The highest BCUT2D eigenvalue weighted by atomic mass is 16.5. The summed E-state index contributed by atoms with van der Waals surface area (Å²) in [6, 6.07) is 11.4. The lowest BCUT2D eigenvalue weighted by atomic mass is 9.86. The molecule has 1 fully saturated rings. The molecule has 0 aromatic heterocycles. The Morgan fingerprint density at radius 1 is 1.27 bits per heavy atom. The minimum Gasteiger partial charge on any atom is -0.384 e. The van der Waals surface area contributed by atoms with Crippen LogP contribution in [0, 0.1) is 5.41 Å². The van der Waals surface area contributed by atoms with Crippen LogP contribution in [0.5, 0.6) is 0 Å². The molecule has 2 aliphatic heterocycles. The van der Waals surface area contributed by atoms with E-state index in [-0.39, 0.29) is 24.9 Å². The second-order valence-corrected chi connectivity index (χ2v) is 8.52. The van der Waals surface area contributed by atoms with Crippen LogP contribution in [0.15, 0.2) is 42.5 Å². The van der Waals surface area contributed by atoms with Crippen molar-refractivity contribution in [3.05, 3.63) is 53.6 Å². The molecule has 0 bridgehead atoms. The number of nitrogens with two attached hydrogens (primary N) is 1. The Labute approximate surface area is 190 Å². The van der Waals surface area contributed by atoms with Crippen LogP contribution in [-0.2, 0) is 24.5 Å². The third kappa shape index (κ3) is 4.06. The Bertz CT molecular complexity index is 1140. The van der Waals surface area contributed by atoms with Crippen LogP contribution in [0.1, 0.15) is 25.0 Å². The summed E-state index contributed by atoms with van der Waals surface area (Å²) < 4.78 is 5.44. The van der Waals surface area contributed by atoms with Gasteiger partial charge in [-0.3, -0.25) is 19.8 Å². The molecular formula is C23H25N5O5. The van der Waals surface area contributed by atoms with E-state index in [1.54, 1.807) is 30.3 Å². The number of rotatable bonds is 5. The number of morpholine rings is 1. The van der Waals surface area contributed by atoms with Gasteiger partial charge in [0.2, 0.25) is 5.91 Å². The standard InChI is InChI=1S/C23H25N5O5/c1-23(2)15-8-7-14(11-16(15)27-22(23)32)28-9-10-33-18(21(28)31)17(29)20(30)26-13-5-3-12(4-6-13)19(24)25/h3-8,11,17-18,29H,9-10H2,1-2H3,(H3,24,25)(H,26,30)(H,27,32)/t17?,18-/m1/s1. The SMILES string of the molecule is CC1(C)C(=O)Nc2cc(N3CCO[C@H](C(O)C(=O)Nc4ccc(C(=N)N)cc4)C3=O)ccc21. The molecule has 0 spiro atoms. The van der Waals surface area contributed by atoms with Gasteiger partial charge in [-0.2, -0.15) is 0 Å². The summed E-state index contributed by atoms with van der Waals surface area (Å²) in [5.74, 6) is -1.58. The Morgan fingerprint density at radius 3 is 2.64 bits per heavy atom. The molecular weight excluding hydrogens is 426 g/mol. The van der Waals surface area contributed by atoms with Gasteiger partial charge in [0.05, 0.1) is 12.0 Å². The van der Waals surface area contributed by atoms with Crippen LogP contribution < -0.4 is 21.3 Å². The van der Waals surface area contributed by atoms with Crippen molar-refractivity contribution in [1.29, 1.82) is 5.41 Å². The summed E-state index contributed by atoms with van der Waals surface area (Å²) in [6.07, 6.45) is -3.12. The lowest BCUT2D eigenvalue weighted by Gasteiger charge is -2.34. The van der Waals surface area contributed by atoms with Crippen molar-refractivity contribution in [1.82, 2.24) is 0 Å². The highest BCUT2D eigenvalue weighted by Crippen LogP contribution is 2.39. The number of carbonyl (C=O) groups is 3. The van der Waals surface area contributed by atoms with Crippen LogP contribution in [0.25, 0.3) is 0 Å². The summed E-state index contributed by atoms with van der Waals surface area (Å²) in [5.41, 5.74) is 7.62. The van der Waals surface area contributed by atoms with Gasteiger partial charge >= 0.3 is 0 Å². The molecule has 10 heteroatoms. The van der Waals surface area contributed by atoms with Gasteiger partial charge < -0.3 is 31.1 Å². The zero-order valence-electron chi connectivity index (χ0n) is 18.2.